The van der Waals surface area contributed by atoms with Gasteiger partial charge in [-0.15, -0.1) is 0 Å². The summed E-state index contributed by atoms with van der Waals surface area (Å²) in [4.78, 5) is 4.86. The van der Waals surface area contributed by atoms with Crippen LogP contribution in [0.5, 0.6) is 0 Å². The summed E-state index contributed by atoms with van der Waals surface area (Å²) in [5.41, 5.74) is 4.69. The maximum absolute atomic E-state index is 6.01. The highest BCUT2D eigenvalue weighted by Crippen LogP contribution is 2.21. The van der Waals surface area contributed by atoms with Crippen LogP contribution in [0, 0.1) is 0 Å². The molecule has 2 nitrogen and oxygen atoms in total. The lowest BCUT2D eigenvalue weighted by atomic mass is 10.1. The molecule has 0 spiro atoms. The number of imidazole rings is 1. The maximum atomic E-state index is 6.01. The molecule has 4 heteroatoms. The van der Waals surface area contributed by atoms with Gasteiger partial charge in [0, 0.05) is 18.0 Å². The summed E-state index contributed by atoms with van der Waals surface area (Å²) in [6.07, 6.45) is 0.823. The van der Waals surface area contributed by atoms with Gasteiger partial charge < -0.3 is 17.0 Å². The molecule has 0 saturated carbocycles. The van der Waals surface area contributed by atoms with E-state index in [1.807, 2.05) is 24.3 Å². The van der Waals surface area contributed by atoms with Crippen LogP contribution in [0.3, 0.4) is 0 Å². The number of hydrogen-bond acceptors (Lipinski definition) is 1. The normalized spacial score (nSPS) is 10.6. The van der Waals surface area contributed by atoms with Crippen molar-refractivity contribution in [3.8, 4) is 0 Å². The summed E-state index contributed by atoms with van der Waals surface area (Å²) >= 11 is 6.01. The monoisotopic (exact) mass is 367 g/mol. The summed E-state index contributed by atoms with van der Waals surface area (Å²) in [7, 11) is 0. The third kappa shape index (κ3) is 3.87. The summed E-state index contributed by atoms with van der Waals surface area (Å²) in [6.45, 7) is 0.792. The van der Waals surface area contributed by atoms with E-state index in [1.165, 1.54) is 16.6 Å². The average Bonchev–Trinajstić information content (AvgIpc) is 2.95. The molecule has 0 unspecified atom stereocenters. The standard InChI is InChI=1S/C21H17ClN2.ClH/c22-18-12-10-17(11-13-18)15-24-20-9-5-4-8-19(20)23-21(24)14-16-6-2-1-3-7-16;/h1-13H,14-15H2;1H/p-1. The Balaban J connectivity index is 0.00000182. The fraction of sp³-hybridized carbons (Fsp3) is 0.0952. The minimum Gasteiger partial charge on any atom is -1.00 e. The summed E-state index contributed by atoms with van der Waals surface area (Å²) in [5.74, 6) is 1.08. The van der Waals surface area contributed by atoms with Crippen molar-refractivity contribution in [1.29, 1.82) is 0 Å². The van der Waals surface area contributed by atoms with Crippen LogP contribution in [0.4, 0.5) is 0 Å². The number of nitrogens with zero attached hydrogens (tertiary/aromatic N) is 2. The zero-order valence-electron chi connectivity index (χ0n) is 13.6. The molecule has 0 atom stereocenters. The molecule has 0 saturated heterocycles. The smallest absolute Gasteiger partial charge is 0.114 e. The summed E-state index contributed by atoms with van der Waals surface area (Å²) < 4.78 is 2.30. The van der Waals surface area contributed by atoms with Crippen molar-refractivity contribution in [2.24, 2.45) is 0 Å². The average molecular weight is 368 g/mol. The Morgan fingerprint density at radius 2 is 1.44 bits per heavy atom. The molecule has 0 aliphatic heterocycles. The first-order valence-corrected chi connectivity index (χ1v) is 8.40. The van der Waals surface area contributed by atoms with Gasteiger partial charge in [-0.1, -0.05) is 66.2 Å². The number of hydrogen-bond donors (Lipinski definition) is 0. The van der Waals surface area contributed by atoms with Crippen molar-refractivity contribution in [2.75, 3.05) is 0 Å². The quantitative estimate of drug-likeness (QED) is 0.541. The van der Waals surface area contributed by atoms with Crippen molar-refractivity contribution in [2.45, 2.75) is 13.0 Å². The first-order chi connectivity index (χ1) is 11.8. The summed E-state index contributed by atoms with van der Waals surface area (Å²) in [5, 5.41) is 0.763. The molecule has 0 bridgehead atoms. The zero-order valence-corrected chi connectivity index (χ0v) is 15.1. The van der Waals surface area contributed by atoms with E-state index in [9.17, 15) is 0 Å². The number of rotatable bonds is 4. The molecule has 25 heavy (non-hydrogen) atoms. The van der Waals surface area contributed by atoms with Crippen LogP contribution < -0.4 is 12.4 Å². The van der Waals surface area contributed by atoms with Gasteiger partial charge >= 0.3 is 0 Å². The largest absolute Gasteiger partial charge is 1.00 e. The molecule has 4 rings (SSSR count). The Kier molecular flexibility index (Phi) is 5.42. The highest BCUT2D eigenvalue weighted by Gasteiger charge is 2.11. The van der Waals surface area contributed by atoms with E-state index in [2.05, 4.69) is 59.2 Å². The summed E-state index contributed by atoms with van der Waals surface area (Å²) in [6, 6.07) is 26.8. The van der Waals surface area contributed by atoms with Gasteiger partial charge in [0.25, 0.3) is 0 Å². The van der Waals surface area contributed by atoms with Crippen LogP contribution in [-0.2, 0) is 13.0 Å². The lowest BCUT2D eigenvalue weighted by molar-refractivity contribution is -0.00000475. The van der Waals surface area contributed by atoms with E-state index >= 15 is 0 Å². The van der Waals surface area contributed by atoms with E-state index in [0.717, 1.165) is 29.3 Å². The number of fused-ring (bicyclic) bond motifs is 1. The second-order valence-corrected chi connectivity index (χ2v) is 6.33. The second kappa shape index (κ2) is 7.73. The van der Waals surface area contributed by atoms with Crippen LogP contribution in [0.2, 0.25) is 5.02 Å². The fourth-order valence-electron chi connectivity index (χ4n) is 2.99. The second-order valence-electron chi connectivity index (χ2n) is 5.89. The van der Waals surface area contributed by atoms with Crippen LogP contribution >= 0.6 is 11.6 Å². The third-order valence-electron chi connectivity index (χ3n) is 4.19. The number of halogens is 2. The minimum absolute atomic E-state index is 0. The molecule has 0 N–H and O–H groups in total. The Morgan fingerprint density at radius 1 is 0.760 bits per heavy atom. The van der Waals surface area contributed by atoms with Crippen LogP contribution in [0.1, 0.15) is 17.0 Å². The van der Waals surface area contributed by atoms with Crippen molar-refractivity contribution in [3.05, 3.63) is 101 Å². The van der Waals surface area contributed by atoms with Crippen molar-refractivity contribution >= 4 is 22.6 Å². The number of aromatic nitrogens is 2. The van der Waals surface area contributed by atoms with Gasteiger partial charge in [-0.25, -0.2) is 4.98 Å². The minimum atomic E-state index is 0. The van der Waals surface area contributed by atoms with Crippen molar-refractivity contribution in [3.63, 3.8) is 0 Å². The number of benzene rings is 3. The predicted molar refractivity (Wildman–Crippen MR) is 99.5 cm³/mol. The molecule has 4 aromatic rings. The highest BCUT2D eigenvalue weighted by atomic mass is 35.5. The van der Waals surface area contributed by atoms with Crippen molar-refractivity contribution in [1.82, 2.24) is 9.55 Å². The fourth-order valence-corrected chi connectivity index (χ4v) is 3.11. The molecule has 3 aromatic carbocycles. The topological polar surface area (TPSA) is 17.8 Å². The van der Waals surface area contributed by atoms with E-state index in [-0.39, 0.29) is 12.4 Å². The molecular formula is C21H17Cl2N2-. The molecule has 0 aliphatic carbocycles. The lowest BCUT2D eigenvalue weighted by Gasteiger charge is -2.10. The van der Waals surface area contributed by atoms with E-state index in [4.69, 9.17) is 16.6 Å². The first kappa shape index (κ1) is 17.5. The van der Waals surface area contributed by atoms with Gasteiger partial charge in [-0.05, 0) is 35.4 Å². The van der Waals surface area contributed by atoms with Gasteiger partial charge in [0.2, 0.25) is 0 Å². The van der Waals surface area contributed by atoms with Gasteiger partial charge in [-0.2, -0.15) is 0 Å². The zero-order chi connectivity index (χ0) is 16.4. The van der Waals surface area contributed by atoms with Crippen LogP contribution in [0.25, 0.3) is 11.0 Å². The van der Waals surface area contributed by atoms with E-state index < -0.39 is 0 Å². The molecule has 126 valence electrons. The maximum Gasteiger partial charge on any atom is 0.114 e. The highest BCUT2D eigenvalue weighted by molar-refractivity contribution is 6.30. The molecule has 1 aromatic heterocycles. The Hall–Kier alpha value is -2.29. The van der Waals surface area contributed by atoms with Gasteiger partial charge in [-0.3, -0.25) is 0 Å². The molecule has 1 heterocycles. The van der Waals surface area contributed by atoms with Crippen LogP contribution in [-0.4, -0.2) is 9.55 Å². The first-order valence-electron chi connectivity index (χ1n) is 8.02. The van der Waals surface area contributed by atoms with Gasteiger partial charge in [0.15, 0.2) is 0 Å². The van der Waals surface area contributed by atoms with Gasteiger partial charge in [0.05, 0.1) is 11.0 Å². The van der Waals surface area contributed by atoms with E-state index in [1.54, 1.807) is 0 Å². The molecule has 0 aliphatic rings. The Labute approximate surface area is 158 Å². The lowest BCUT2D eigenvalue weighted by Crippen LogP contribution is -3.00. The molecule has 0 fully saturated rings. The third-order valence-corrected chi connectivity index (χ3v) is 4.44. The van der Waals surface area contributed by atoms with E-state index in [0.29, 0.717) is 0 Å². The molecule has 0 radical (unpaired) electrons. The molecular weight excluding hydrogens is 351 g/mol. The molecule has 0 amide bonds. The Bertz CT molecular complexity index is 960. The SMILES string of the molecule is Clc1ccc(Cn2c(Cc3ccccc3)nc3ccccc32)cc1.[Cl-]. The van der Waals surface area contributed by atoms with Crippen LogP contribution in [0.15, 0.2) is 78.9 Å². The Morgan fingerprint density at radius 3 is 2.20 bits per heavy atom. The number of para-hydroxylation sites is 2. The van der Waals surface area contributed by atoms with Crippen molar-refractivity contribution < 1.29 is 12.4 Å². The predicted octanol–water partition coefficient (Wildman–Crippen LogP) is 2.33. The van der Waals surface area contributed by atoms with Gasteiger partial charge in [0.1, 0.15) is 5.82 Å².